The molecule has 0 aliphatic rings. The summed E-state index contributed by atoms with van der Waals surface area (Å²) in [5.41, 5.74) is 12.7. The number of nitrogens with two attached hydrogens (primary N) is 2. The first-order chi connectivity index (χ1) is 8.99. The Labute approximate surface area is 118 Å². The van der Waals surface area contributed by atoms with Crippen LogP contribution >= 0.6 is 11.6 Å². The molecule has 6 heteroatoms. The lowest BCUT2D eigenvalue weighted by atomic mass is 10.1. The Balaban J connectivity index is 3.19. The van der Waals surface area contributed by atoms with Crippen molar-refractivity contribution in [2.45, 2.75) is 26.7 Å². The molecule has 5 nitrogen and oxygen atoms in total. The van der Waals surface area contributed by atoms with Crippen LogP contribution in [0.1, 0.15) is 25.8 Å². The molecule has 0 fully saturated rings. The second kappa shape index (κ2) is 6.99. The lowest BCUT2D eigenvalue weighted by Crippen LogP contribution is -2.34. The zero-order chi connectivity index (χ0) is 14.4. The van der Waals surface area contributed by atoms with E-state index in [1.54, 1.807) is 4.90 Å². The minimum atomic E-state index is -0.113. The Morgan fingerprint density at radius 3 is 2.58 bits per heavy atom. The van der Waals surface area contributed by atoms with E-state index in [-0.39, 0.29) is 11.9 Å². The van der Waals surface area contributed by atoms with Gasteiger partial charge in [-0.2, -0.15) is 4.99 Å². The van der Waals surface area contributed by atoms with Crippen molar-refractivity contribution < 1.29 is 0 Å². The third-order valence-electron chi connectivity index (χ3n) is 2.65. The SMILES string of the molecule is CCCN(C(=N)N=C(N)N)c1ccc(Cl)cc1CC. The molecule has 0 amide bonds. The van der Waals surface area contributed by atoms with E-state index in [0.717, 1.165) is 24.1 Å². The number of hydrogen-bond acceptors (Lipinski definition) is 1. The lowest BCUT2D eigenvalue weighted by Gasteiger charge is -2.24. The highest BCUT2D eigenvalue weighted by atomic mass is 35.5. The molecule has 0 saturated carbocycles. The molecule has 0 spiro atoms. The topological polar surface area (TPSA) is 91.5 Å². The van der Waals surface area contributed by atoms with Crippen LogP contribution in [0.25, 0.3) is 0 Å². The summed E-state index contributed by atoms with van der Waals surface area (Å²) in [6.45, 7) is 4.76. The molecule has 5 N–H and O–H groups in total. The third-order valence-corrected chi connectivity index (χ3v) is 2.89. The van der Waals surface area contributed by atoms with E-state index in [2.05, 4.69) is 4.99 Å². The van der Waals surface area contributed by atoms with Gasteiger partial charge < -0.3 is 16.4 Å². The second-order valence-electron chi connectivity index (χ2n) is 4.14. The smallest absolute Gasteiger partial charge is 0.225 e. The number of nitrogens with one attached hydrogen (secondary N) is 1. The minimum absolute atomic E-state index is 0.0406. The minimum Gasteiger partial charge on any atom is -0.370 e. The van der Waals surface area contributed by atoms with E-state index in [1.807, 2.05) is 32.0 Å². The zero-order valence-electron chi connectivity index (χ0n) is 11.3. The molecule has 104 valence electrons. The third kappa shape index (κ3) is 4.13. The molecule has 0 atom stereocenters. The zero-order valence-corrected chi connectivity index (χ0v) is 12.0. The molecule has 1 aromatic carbocycles. The molecular formula is C13H20ClN5. The molecule has 1 aromatic rings. The van der Waals surface area contributed by atoms with E-state index in [0.29, 0.717) is 11.6 Å². The molecule has 1 rings (SSSR count). The van der Waals surface area contributed by atoms with Crippen LogP contribution in [0.5, 0.6) is 0 Å². The first kappa shape index (κ1) is 15.3. The van der Waals surface area contributed by atoms with Crippen LogP contribution in [-0.2, 0) is 6.42 Å². The molecule has 0 heterocycles. The van der Waals surface area contributed by atoms with Crippen LogP contribution in [0.15, 0.2) is 23.2 Å². The fraction of sp³-hybridized carbons (Fsp3) is 0.385. The maximum atomic E-state index is 7.99. The molecule has 0 aliphatic heterocycles. The van der Waals surface area contributed by atoms with Crippen molar-refractivity contribution in [3.8, 4) is 0 Å². The van der Waals surface area contributed by atoms with Crippen molar-refractivity contribution in [1.82, 2.24) is 0 Å². The number of aliphatic imine (C=N–C) groups is 1. The largest absolute Gasteiger partial charge is 0.370 e. The monoisotopic (exact) mass is 281 g/mol. The lowest BCUT2D eigenvalue weighted by molar-refractivity contribution is 0.886. The summed E-state index contributed by atoms with van der Waals surface area (Å²) in [7, 11) is 0. The van der Waals surface area contributed by atoms with Crippen molar-refractivity contribution in [2.24, 2.45) is 16.5 Å². The van der Waals surface area contributed by atoms with Crippen LogP contribution in [-0.4, -0.2) is 18.5 Å². The Morgan fingerprint density at radius 1 is 1.37 bits per heavy atom. The van der Waals surface area contributed by atoms with Gasteiger partial charge in [-0.25, -0.2) is 0 Å². The van der Waals surface area contributed by atoms with E-state index in [9.17, 15) is 0 Å². The number of aryl methyl sites for hydroxylation is 1. The van der Waals surface area contributed by atoms with Gasteiger partial charge in [0.2, 0.25) is 5.96 Å². The molecular weight excluding hydrogens is 262 g/mol. The normalized spacial score (nSPS) is 10.1. The maximum Gasteiger partial charge on any atom is 0.225 e. The van der Waals surface area contributed by atoms with E-state index in [1.165, 1.54) is 0 Å². The Bertz CT molecular complexity index is 480. The van der Waals surface area contributed by atoms with Gasteiger partial charge in [0.05, 0.1) is 0 Å². The first-order valence-electron chi connectivity index (χ1n) is 6.23. The summed E-state index contributed by atoms with van der Waals surface area (Å²) in [6, 6.07) is 5.61. The van der Waals surface area contributed by atoms with Crippen LogP contribution < -0.4 is 16.4 Å². The van der Waals surface area contributed by atoms with Gasteiger partial charge >= 0.3 is 0 Å². The molecule has 0 bridgehead atoms. The molecule has 0 aliphatic carbocycles. The van der Waals surface area contributed by atoms with Crippen molar-refractivity contribution in [2.75, 3.05) is 11.4 Å². The summed E-state index contributed by atoms with van der Waals surface area (Å²) in [4.78, 5) is 5.61. The Hall–Kier alpha value is -1.75. The van der Waals surface area contributed by atoms with Crippen LogP contribution in [0.2, 0.25) is 5.02 Å². The first-order valence-corrected chi connectivity index (χ1v) is 6.61. The highest BCUT2D eigenvalue weighted by Gasteiger charge is 2.14. The van der Waals surface area contributed by atoms with E-state index >= 15 is 0 Å². The fourth-order valence-electron chi connectivity index (χ4n) is 1.85. The predicted molar refractivity (Wildman–Crippen MR) is 82.0 cm³/mol. The van der Waals surface area contributed by atoms with Gasteiger partial charge in [0.1, 0.15) is 0 Å². The Morgan fingerprint density at radius 2 is 2.05 bits per heavy atom. The maximum absolute atomic E-state index is 7.99. The highest BCUT2D eigenvalue weighted by Crippen LogP contribution is 2.25. The molecule has 0 aromatic heterocycles. The predicted octanol–water partition coefficient (Wildman–Crippen LogP) is 2.33. The van der Waals surface area contributed by atoms with Crippen molar-refractivity contribution >= 4 is 29.2 Å². The number of anilines is 1. The van der Waals surface area contributed by atoms with Crippen molar-refractivity contribution in [3.63, 3.8) is 0 Å². The molecule has 0 unspecified atom stereocenters. The van der Waals surface area contributed by atoms with Gasteiger partial charge in [0, 0.05) is 17.3 Å². The molecule has 19 heavy (non-hydrogen) atoms. The number of guanidine groups is 2. The van der Waals surface area contributed by atoms with Crippen LogP contribution in [0.3, 0.4) is 0 Å². The average Bonchev–Trinajstić information content (AvgIpc) is 2.35. The second-order valence-corrected chi connectivity index (χ2v) is 4.57. The van der Waals surface area contributed by atoms with Crippen molar-refractivity contribution in [1.29, 1.82) is 5.41 Å². The quantitative estimate of drug-likeness (QED) is 0.584. The van der Waals surface area contributed by atoms with Crippen LogP contribution in [0, 0.1) is 5.41 Å². The number of nitrogens with zero attached hydrogens (tertiary/aromatic N) is 2. The summed E-state index contributed by atoms with van der Waals surface area (Å²) >= 11 is 6.00. The summed E-state index contributed by atoms with van der Waals surface area (Å²) in [5.74, 6) is -0.0722. The van der Waals surface area contributed by atoms with Gasteiger partial charge in [-0.1, -0.05) is 25.4 Å². The van der Waals surface area contributed by atoms with E-state index in [4.69, 9.17) is 28.5 Å². The number of halogens is 1. The standard InChI is InChI=1S/C13H20ClN5/c1-3-7-19(13(17)18-12(15)16)11-6-5-10(14)8-9(11)4-2/h5-6,8H,3-4,7H2,1-2H3,(H5,15,16,17,18). The number of hydrogen-bond donors (Lipinski definition) is 3. The molecule has 0 radical (unpaired) electrons. The number of rotatable bonds is 4. The average molecular weight is 282 g/mol. The Kier molecular flexibility index (Phi) is 5.63. The van der Waals surface area contributed by atoms with Gasteiger partial charge in [-0.3, -0.25) is 5.41 Å². The van der Waals surface area contributed by atoms with E-state index < -0.39 is 0 Å². The van der Waals surface area contributed by atoms with Gasteiger partial charge in [-0.05, 0) is 36.6 Å². The van der Waals surface area contributed by atoms with Crippen molar-refractivity contribution in [3.05, 3.63) is 28.8 Å². The van der Waals surface area contributed by atoms with Gasteiger partial charge in [0.15, 0.2) is 5.96 Å². The highest BCUT2D eigenvalue weighted by molar-refractivity contribution is 6.30. The number of benzene rings is 1. The summed E-state index contributed by atoms with van der Waals surface area (Å²) in [6.07, 6.45) is 1.71. The summed E-state index contributed by atoms with van der Waals surface area (Å²) in [5, 5.41) is 8.67. The van der Waals surface area contributed by atoms with Gasteiger partial charge in [0.25, 0.3) is 0 Å². The molecule has 0 saturated heterocycles. The van der Waals surface area contributed by atoms with Gasteiger partial charge in [-0.15, -0.1) is 0 Å². The fourth-order valence-corrected chi connectivity index (χ4v) is 2.04. The van der Waals surface area contributed by atoms with Crippen LogP contribution in [0.4, 0.5) is 5.69 Å². The summed E-state index contributed by atoms with van der Waals surface area (Å²) < 4.78 is 0.